The molecule has 1 amide bonds. The van der Waals surface area contributed by atoms with Crippen LogP contribution >= 0.6 is 0 Å². The Morgan fingerprint density at radius 1 is 0.968 bits per heavy atom. The molecule has 0 fully saturated rings. The number of amides is 1. The summed E-state index contributed by atoms with van der Waals surface area (Å²) in [4.78, 5) is 50.6. The van der Waals surface area contributed by atoms with E-state index in [0.717, 1.165) is 9.47 Å². The number of nitrogens with zero attached hydrogens (tertiary/aromatic N) is 6. The molecule has 11 nitrogen and oxygen atoms in total. The lowest BCUT2D eigenvalue weighted by molar-refractivity contribution is -0.106. The fourth-order valence-electron chi connectivity index (χ4n) is 2.69. The van der Waals surface area contributed by atoms with Gasteiger partial charge in [-0.15, -0.1) is 0 Å². The van der Waals surface area contributed by atoms with Crippen LogP contribution in [0.3, 0.4) is 0 Å². The van der Waals surface area contributed by atoms with Gasteiger partial charge < -0.3 is 9.47 Å². The molecule has 0 spiro atoms. The summed E-state index contributed by atoms with van der Waals surface area (Å²) in [6, 6.07) is 3.14. The minimum absolute atomic E-state index is 0.0887. The van der Waals surface area contributed by atoms with E-state index < -0.39 is 23.4 Å². The minimum atomic E-state index is -0.723. The first-order valence-electron chi connectivity index (χ1n) is 9.48. The van der Waals surface area contributed by atoms with Gasteiger partial charge in [-0.2, -0.15) is 0 Å². The van der Waals surface area contributed by atoms with Gasteiger partial charge >= 0.3 is 12.2 Å². The maximum Gasteiger partial charge on any atom is 0.421 e. The Bertz CT molecular complexity index is 1140. The Hall–Kier alpha value is -3.76. The summed E-state index contributed by atoms with van der Waals surface area (Å²) >= 11 is 0. The van der Waals surface area contributed by atoms with E-state index in [1.54, 1.807) is 53.7 Å². The van der Waals surface area contributed by atoms with E-state index in [-0.39, 0.29) is 22.8 Å². The predicted molar refractivity (Wildman–Crippen MR) is 111 cm³/mol. The molecule has 0 N–H and O–H groups in total. The number of aromatic nitrogens is 5. The number of fused-ring (bicyclic) bond motifs is 1. The van der Waals surface area contributed by atoms with Crippen LogP contribution in [0.25, 0.3) is 11.2 Å². The van der Waals surface area contributed by atoms with Crippen molar-refractivity contribution in [3.63, 3.8) is 0 Å². The maximum absolute atomic E-state index is 12.6. The Morgan fingerprint density at radius 3 is 2.16 bits per heavy atom. The van der Waals surface area contributed by atoms with Gasteiger partial charge in [0.15, 0.2) is 17.0 Å². The number of hydrogen-bond donors (Lipinski definition) is 0. The molecule has 0 aliphatic carbocycles. The highest BCUT2D eigenvalue weighted by Crippen LogP contribution is 2.28. The molecule has 3 aromatic rings. The van der Waals surface area contributed by atoms with Gasteiger partial charge in [-0.05, 0) is 53.7 Å². The molecule has 0 radical (unpaired) electrons. The molecule has 3 aromatic heterocycles. The monoisotopic (exact) mass is 428 g/mol. The molecule has 0 atom stereocenters. The predicted octanol–water partition coefficient (Wildman–Crippen LogP) is 3.49. The lowest BCUT2D eigenvalue weighted by Gasteiger charge is -2.22. The number of carbonyl (C=O) groups is 3. The molecule has 0 saturated carbocycles. The molecule has 0 aliphatic heterocycles. The summed E-state index contributed by atoms with van der Waals surface area (Å²) < 4.78 is 13.1. The molecule has 164 valence electrons. The Morgan fingerprint density at radius 2 is 1.58 bits per heavy atom. The summed E-state index contributed by atoms with van der Waals surface area (Å²) in [7, 11) is 0. The smallest absolute Gasteiger partial charge is 0.421 e. The van der Waals surface area contributed by atoms with Crippen LogP contribution < -0.4 is 4.90 Å². The van der Waals surface area contributed by atoms with Crippen LogP contribution in [0.2, 0.25) is 0 Å². The molecular formula is C20H24N6O5. The first-order chi connectivity index (χ1) is 14.4. The highest BCUT2D eigenvalue weighted by Gasteiger charge is 2.26. The summed E-state index contributed by atoms with van der Waals surface area (Å²) in [6.07, 6.45) is 3.06. The van der Waals surface area contributed by atoms with E-state index in [0.29, 0.717) is 6.41 Å². The molecule has 11 heteroatoms. The van der Waals surface area contributed by atoms with E-state index >= 15 is 0 Å². The van der Waals surface area contributed by atoms with Crippen LogP contribution in [-0.4, -0.2) is 53.9 Å². The fourth-order valence-corrected chi connectivity index (χ4v) is 2.69. The quantitative estimate of drug-likeness (QED) is 0.581. The van der Waals surface area contributed by atoms with Crippen LogP contribution in [0.15, 0.2) is 31.0 Å². The van der Waals surface area contributed by atoms with E-state index in [1.807, 2.05) is 0 Å². The summed E-state index contributed by atoms with van der Waals surface area (Å²) in [5.41, 5.74) is -1.11. The Labute approximate surface area is 178 Å². The minimum Gasteiger partial charge on any atom is -0.443 e. The van der Waals surface area contributed by atoms with Crippen molar-refractivity contribution in [2.75, 3.05) is 4.90 Å². The molecule has 0 aromatic carbocycles. The van der Waals surface area contributed by atoms with Crippen LogP contribution in [0, 0.1) is 0 Å². The molecular weight excluding hydrogens is 404 g/mol. The van der Waals surface area contributed by atoms with E-state index in [4.69, 9.17) is 9.47 Å². The molecule has 0 bridgehead atoms. The van der Waals surface area contributed by atoms with Gasteiger partial charge in [-0.3, -0.25) is 4.79 Å². The van der Waals surface area contributed by atoms with Crippen molar-refractivity contribution < 1.29 is 23.9 Å². The average Bonchev–Trinajstić information content (AvgIpc) is 3.27. The van der Waals surface area contributed by atoms with Crippen molar-refractivity contribution in [3.05, 3.63) is 31.0 Å². The van der Waals surface area contributed by atoms with Crippen molar-refractivity contribution >= 4 is 41.4 Å². The zero-order chi connectivity index (χ0) is 23.0. The Balaban J connectivity index is 2.04. The molecule has 3 heterocycles. The number of ether oxygens (including phenoxy) is 2. The first-order valence-corrected chi connectivity index (χ1v) is 9.48. The topological polar surface area (TPSA) is 121 Å². The Kier molecular flexibility index (Phi) is 5.53. The largest absolute Gasteiger partial charge is 0.443 e. The molecule has 0 saturated heterocycles. The van der Waals surface area contributed by atoms with Crippen molar-refractivity contribution in [2.45, 2.75) is 52.7 Å². The zero-order valence-corrected chi connectivity index (χ0v) is 18.2. The second-order valence-corrected chi connectivity index (χ2v) is 8.66. The number of imidazole rings is 1. The molecule has 0 unspecified atom stereocenters. The van der Waals surface area contributed by atoms with E-state index in [2.05, 4.69) is 15.0 Å². The molecule has 3 rings (SSSR count). The van der Waals surface area contributed by atoms with Crippen LogP contribution in [0.5, 0.6) is 0 Å². The van der Waals surface area contributed by atoms with E-state index in [1.165, 1.54) is 23.4 Å². The number of carbonyl (C=O) groups excluding carboxylic acids is 3. The standard InChI is InChI=1S/C20H24N6O5/c1-19(2,3)30-17(28)24-9-7-8-13(24)26(12-27)16-14-15(21-10-22-16)25(11-23-14)18(29)31-20(4,5)6/h7-12H,1-6H3. The highest BCUT2D eigenvalue weighted by atomic mass is 16.6. The second kappa shape index (κ2) is 7.82. The third kappa shape index (κ3) is 4.71. The van der Waals surface area contributed by atoms with Crippen LogP contribution in [0.4, 0.5) is 21.2 Å². The third-order valence-corrected chi connectivity index (χ3v) is 3.80. The lowest BCUT2D eigenvalue weighted by atomic mass is 10.2. The first kappa shape index (κ1) is 21.9. The van der Waals surface area contributed by atoms with Crippen LogP contribution in [-0.2, 0) is 14.3 Å². The van der Waals surface area contributed by atoms with E-state index in [9.17, 15) is 14.4 Å². The molecule has 31 heavy (non-hydrogen) atoms. The van der Waals surface area contributed by atoms with Gasteiger partial charge in [-0.25, -0.2) is 38.6 Å². The van der Waals surface area contributed by atoms with Gasteiger partial charge in [0, 0.05) is 6.20 Å². The van der Waals surface area contributed by atoms with Crippen molar-refractivity contribution in [2.24, 2.45) is 0 Å². The summed E-state index contributed by atoms with van der Waals surface area (Å²) in [5, 5.41) is 0. The normalized spacial score (nSPS) is 11.9. The van der Waals surface area contributed by atoms with Crippen molar-refractivity contribution in [1.29, 1.82) is 0 Å². The van der Waals surface area contributed by atoms with Gasteiger partial charge in [0.25, 0.3) is 0 Å². The average molecular weight is 428 g/mol. The SMILES string of the molecule is CC(C)(C)OC(=O)n1cccc1N(C=O)c1ncnc2c1ncn2C(=O)OC(C)(C)C. The van der Waals surface area contributed by atoms with Gasteiger partial charge in [0.1, 0.15) is 29.7 Å². The lowest BCUT2D eigenvalue weighted by Crippen LogP contribution is -2.29. The fraction of sp³-hybridized carbons (Fsp3) is 0.400. The number of rotatable bonds is 3. The second-order valence-electron chi connectivity index (χ2n) is 8.66. The van der Waals surface area contributed by atoms with Gasteiger partial charge in [-0.1, -0.05) is 0 Å². The highest BCUT2D eigenvalue weighted by molar-refractivity contribution is 5.98. The van der Waals surface area contributed by atoms with Crippen LogP contribution in [0.1, 0.15) is 41.5 Å². The van der Waals surface area contributed by atoms with Crippen molar-refractivity contribution in [1.82, 2.24) is 24.1 Å². The maximum atomic E-state index is 12.6. The van der Waals surface area contributed by atoms with Gasteiger partial charge in [0.2, 0.25) is 6.41 Å². The zero-order valence-electron chi connectivity index (χ0n) is 18.2. The number of hydrogen-bond acceptors (Lipinski definition) is 8. The third-order valence-electron chi connectivity index (χ3n) is 3.80. The summed E-state index contributed by atoms with van der Waals surface area (Å²) in [5.74, 6) is 0.280. The van der Waals surface area contributed by atoms with Gasteiger partial charge in [0.05, 0.1) is 0 Å². The number of anilines is 2. The van der Waals surface area contributed by atoms with Crippen molar-refractivity contribution in [3.8, 4) is 0 Å². The summed E-state index contributed by atoms with van der Waals surface area (Å²) in [6.45, 7) is 10.4. The molecule has 0 aliphatic rings.